The minimum atomic E-state index is 0.111. The molecule has 4 saturated carbocycles. The molecule has 0 amide bonds. The highest BCUT2D eigenvalue weighted by Gasteiger charge is 2.57. The predicted octanol–water partition coefficient (Wildman–Crippen LogP) is 5.28. The van der Waals surface area contributed by atoms with E-state index in [9.17, 15) is 0 Å². The van der Waals surface area contributed by atoms with Crippen LogP contribution in [0.5, 0.6) is 0 Å². The fraction of sp³-hybridized carbons (Fsp3) is 1.00. The molecule has 0 aromatic heterocycles. The van der Waals surface area contributed by atoms with E-state index in [2.05, 4.69) is 13.8 Å². The molecular weight excluding hydrogens is 260 g/mol. The zero-order chi connectivity index (χ0) is 14.7. The second kappa shape index (κ2) is 4.96. The lowest BCUT2D eigenvalue weighted by atomic mass is 9.45. The van der Waals surface area contributed by atoms with Crippen molar-refractivity contribution >= 4 is 0 Å². The molecule has 120 valence electrons. The fourth-order valence-corrected chi connectivity index (χ4v) is 7.31. The maximum Gasteiger partial charge on any atom is 0.0930 e. The van der Waals surface area contributed by atoms with Gasteiger partial charge < -0.3 is 0 Å². The Balaban J connectivity index is 1.59. The van der Waals surface area contributed by atoms with Gasteiger partial charge in [-0.2, -0.15) is 0 Å². The molecule has 4 aliphatic carbocycles. The molecule has 1 N–H and O–H groups in total. The van der Waals surface area contributed by atoms with Crippen LogP contribution < -0.4 is 0 Å². The molecule has 4 fully saturated rings. The largest absolute Gasteiger partial charge is 0.252 e. The van der Waals surface area contributed by atoms with Crippen LogP contribution in [0, 0.1) is 34.5 Å². The summed E-state index contributed by atoms with van der Waals surface area (Å²) in [5.74, 6) is 3.75. The predicted molar refractivity (Wildman–Crippen MR) is 83.8 cm³/mol. The van der Waals surface area contributed by atoms with E-state index in [0.717, 1.165) is 36.5 Å². The first kappa shape index (κ1) is 14.5. The van der Waals surface area contributed by atoms with Crippen LogP contribution in [0.2, 0.25) is 0 Å². The molecule has 0 spiro atoms. The van der Waals surface area contributed by atoms with Crippen LogP contribution in [0.1, 0.15) is 78.1 Å². The van der Waals surface area contributed by atoms with Gasteiger partial charge in [-0.15, -0.1) is 0 Å². The summed E-state index contributed by atoms with van der Waals surface area (Å²) in [6.07, 6.45) is 13.8. The minimum absolute atomic E-state index is 0.111. The van der Waals surface area contributed by atoms with Crippen LogP contribution in [0.25, 0.3) is 0 Å². The Bertz CT molecular complexity index is 408. The Kier molecular flexibility index (Phi) is 3.43. The number of fused-ring (bicyclic) bond motifs is 5. The quantitative estimate of drug-likeness (QED) is 0.526. The minimum Gasteiger partial charge on any atom is -0.252 e. The summed E-state index contributed by atoms with van der Waals surface area (Å²) in [6.45, 7) is 5.17. The van der Waals surface area contributed by atoms with Crippen LogP contribution in [-0.2, 0) is 4.89 Å². The van der Waals surface area contributed by atoms with Crippen LogP contribution in [0.3, 0.4) is 0 Å². The average molecular weight is 292 g/mol. The Labute approximate surface area is 129 Å². The van der Waals surface area contributed by atoms with Crippen molar-refractivity contribution in [3.63, 3.8) is 0 Å². The Morgan fingerprint density at radius 1 is 0.905 bits per heavy atom. The van der Waals surface area contributed by atoms with E-state index in [1.54, 1.807) is 0 Å². The number of hydrogen-bond acceptors (Lipinski definition) is 2. The summed E-state index contributed by atoms with van der Waals surface area (Å²) in [5.41, 5.74) is 1.21. The molecule has 7 atom stereocenters. The van der Waals surface area contributed by atoms with Crippen molar-refractivity contribution in [3.05, 3.63) is 0 Å². The molecule has 2 nitrogen and oxygen atoms in total. The van der Waals surface area contributed by atoms with Gasteiger partial charge in [-0.1, -0.05) is 20.3 Å². The Morgan fingerprint density at radius 3 is 2.57 bits per heavy atom. The standard InChI is InChI=1S/C19H32O2/c1-18-9-3-4-16(18)15-6-5-13-12-14(21-20)7-11-19(13,2)17(15)8-10-18/h13-17,20H,3-12H2,1-2H3/t13?,14?,15-,16-,17-,18-,19-/m0/s1. The third-order valence-corrected chi connectivity index (χ3v) is 8.55. The van der Waals surface area contributed by atoms with Crippen molar-refractivity contribution in [1.29, 1.82) is 0 Å². The number of rotatable bonds is 1. The molecule has 2 unspecified atom stereocenters. The average Bonchev–Trinajstić information content (AvgIpc) is 2.88. The molecule has 4 aliphatic rings. The second-order valence-corrected chi connectivity index (χ2v) is 9.24. The van der Waals surface area contributed by atoms with Gasteiger partial charge in [0.05, 0.1) is 6.10 Å². The van der Waals surface area contributed by atoms with Gasteiger partial charge in [0.1, 0.15) is 0 Å². The molecule has 4 rings (SSSR count). The molecule has 0 radical (unpaired) electrons. The van der Waals surface area contributed by atoms with Crippen LogP contribution >= 0.6 is 0 Å². The van der Waals surface area contributed by atoms with E-state index in [4.69, 9.17) is 10.1 Å². The normalized spacial score (nSPS) is 56.4. The fourth-order valence-electron chi connectivity index (χ4n) is 7.31. The molecule has 0 aromatic rings. The van der Waals surface area contributed by atoms with Gasteiger partial charge in [0.15, 0.2) is 0 Å². The molecule has 0 aliphatic heterocycles. The SMILES string of the molecule is C[C@@]12CCC[C@H]1[C@@H]1CCC3CC(OO)CC[C@]3(C)[C@H]1CC2. The van der Waals surface area contributed by atoms with Crippen LogP contribution in [0.4, 0.5) is 0 Å². The van der Waals surface area contributed by atoms with Gasteiger partial charge in [0.2, 0.25) is 0 Å². The van der Waals surface area contributed by atoms with E-state index in [-0.39, 0.29) is 6.10 Å². The first-order valence-electron chi connectivity index (χ1n) is 9.37. The van der Waals surface area contributed by atoms with Crippen molar-refractivity contribution < 1.29 is 10.1 Å². The summed E-state index contributed by atoms with van der Waals surface area (Å²) in [5, 5.41) is 9.05. The van der Waals surface area contributed by atoms with Gasteiger partial charge in [0, 0.05) is 0 Å². The molecule has 21 heavy (non-hydrogen) atoms. The first-order chi connectivity index (χ1) is 10.1. The van der Waals surface area contributed by atoms with E-state index >= 15 is 0 Å². The summed E-state index contributed by atoms with van der Waals surface area (Å²) in [4.78, 5) is 4.71. The van der Waals surface area contributed by atoms with Gasteiger partial charge in [-0.05, 0) is 92.3 Å². The highest BCUT2D eigenvalue weighted by atomic mass is 17.1. The topological polar surface area (TPSA) is 29.5 Å². The van der Waals surface area contributed by atoms with Gasteiger partial charge in [-0.25, -0.2) is 4.89 Å². The third kappa shape index (κ3) is 2.05. The van der Waals surface area contributed by atoms with Crippen molar-refractivity contribution in [2.24, 2.45) is 34.5 Å². The zero-order valence-corrected chi connectivity index (χ0v) is 13.8. The maximum absolute atomic E-state index is 9.05. The molecule has 0 heterocycles. The van der Waals surface area contributed by atoms with E-state index in [1.165, 1.54) is 51.4 Å². The van der Waals surface area contributed by atoms with Crippen molar-refractivity contribution in [3.8, 4) is 0 Å². The molecule has 0 aromatic carbocycles. The molecular formula is C19H32O2. The molecule has 0 saturated heterocycles. The van der Waals surface area contributed by atoms with Gasteiger partial charge in [-0.3, -0.25) is 5.26 Å². The van der Waals surface area contributed by atoms with Gasteiger partial charge in [0.25, 0.3) is 0 Å². The van der Waals surface area contributed by atoms with E-state index < -0.39 is 0 Å². The smallest absolute Gasteiger partial charge is 0.0930 e. The van der Waals surface area contributed by atoms with E-state index in [0.29, 0.717) is 10.8 Å². The third-order valence-electron chi connectivity index (χ3n) is 8.55. The van der Waals surface area contributed by atoms with Crippen molar-refractivity contribution in [1.82, 2.24) is 0 Å². The summed E-state index contributed by atoms with van der Waals surface area (Å²) in [6, 6.07) is 0. The monoisotopic (exact) mass is 292 g/mol. The van der Waals surface area contributed by atoms with Crippen molar-refractivity contribution in [2.75, 3.05) is 0 Å². The van der Waals surface area contributed by atoms with Gasteiger partial charge >= 0.3 is 0 Å². The van der Waals surface area contributed by atoms with E-state index in [1.807, 2.05) is 0 Å². The summed E-state index contributed by atoms with van der Waals surface area (Å²) >= 11 is 0. The lowest BCUT2D eigenvalue weighted by molar-refractivity contribution is -0.295. The second-order valence-electron chi connectivity index (χ2n) is 9.24. The number of hydrogen-bond donors (Lipinski definition) is 1. The Hall–Kier alpha value is -0.0800. The maximum atomic E-state index is 9.05. The van der Waals surface area contributed by atoms with Crippen LogP contribution in [0.15, 0.2) is 0 Å². The summed E-state index contributed by atoms with van der Waals surface area (Å²) < 4.78 is 0. The lowest BCUT2D eigenvalue weighted by Gasteiger charge is -2.60. The Morgan fingerprint density at radius 2 is 1.76 bits per heavy atom. The zero-order valence-electron chi connectivity index (χ0n) is 13.8. The highest BCUT2D eigenvalue weighted by molar-refractivity contribution is 5.07. The summed E-state index contributed by atoms with van der Waals surface area (Å²) in [7, 11) is 0. The lowest BCUT2D eigenvalue weighted by Crippen LogP contribution is -2.53. The highest BCUT2D eigenvalue weighted by Crippen LogP contribution is 2.66. The van der Waals surface area contributed by atoms with Crippen molar-refractivity contribution in [2.45, 2.75) is 84.2 Å². The molecule has 2 heteroatoms. The first-order valence-corrected chi connectivity index (χ1v) is 9.37. The molecule has 0 bridgehead atoms. The van der Waals surface area contributed by atoms with Crippen LogP contribution in [-0.4, -0.2) is 11.4 Å².